The monoisotopic (exact) mass is 251 g/mol. The van der Waals surface area contributed by atoms with E-state index >= 15 is 0 Å². The molecule has 1 aromatic rings. The molecule has 0 bridgehead atoms. The van der Waals surface area contributed by atoms with E-state index < -0.39 is 0 Å². The zero-order valence-electron chi connectivity index (χ0n) is 11.8. The summed E-state index contributed by atoms with van der Waals surface area (Å²) >= 11 is 0. The van der Waals surface area contributed by atoms with E-state index in [9.17, 15) is 0 Å². The molecule has 102 valence electrons. The molecule has 5 nitrogen and oxygen atoms in total. The lowest BCUT2D eigenvalue weighted by Gasteiger charge is -2.36. The number of hydrogen-bond donors (Lipinski definition) is 1. The lowest BCUT2D eigenvalue weighted by molar-refractivity contribution is 0.166. The molecule has 0 atom stereocenters. The lowest BCUT2D eigenvalue weighted by Crippen LogP contribution is -2.26. The number of aromatic nitrogens is 4. The van der Waals surface area contributed by atoms with E-state index in [4.69, 9.17) is 5.73 Å². The summed E-state index contributed by atoms with van der Waals surface area (Å²) in [7, 11) is 0. The van der Waals surface area contributed by atoms with Gasteiger partial charge in [-0.05, 0) is 47.4 Å². The number of nitrogens with zero attached hydrogens (tertiary/aromatic N) is 4. The third kappa shape index (κ3) is 2.88. The maximum absolute atomic E-state index is 5.58. The van der Waals surface area contributed by atoms with Gasteiger partial charge in [0.2, 0.25) is 0 Å². The summed E-state index contributed by atoms with van der Waals surface area (Å²) in [6.45, 7) is 8.35. The van der Waals surface area contributed by atoms with Crippen molar-refractivity contribution in [1.29, 1.82) is 0 Å². The molecule has 1 aliphatic carbocycles. The highest BCUT2D eigenvalue weighted by atomic mass is 15.5. The number of hydrogen-bond acceptors (Lipinski definition) is 4. The van der Waals surface area contributed by atoms with Gasteiger partial charge in [-0.15, -0.1) is 5.10 Å². The predicted octanol–water partition coefficient (Wildman–Crippen LogP) is 1.95. The number of rotatable bonds is 3. The third-order valence-electron chi connectivity index (χ3n) is 4.22. The van der Waals surface area contributed by atoms with Crippen LogP contribution in [0, 0.1) is 11.3 Å². The Morgan fingerprint density at radius 2 is 1.89 bits per heavy atom. The molecule has 18 heavy (non-hydrogen) atoms. The summed E-state index contributed by atoms with van der Waals surface area (Å²) in [4.78, 5) is 0. The van der Waals surface area contributed by atoms with Crippen LogP contribution in [-0.2, 0) is 6.54 Å². The van der Waals surface area contributed by atoms with Gasteiger partial charge in [-0.2, -0.15) is 0 Å². The van der Waals surface area contributed by atoms with E-state index in [1.807, 2.05) is 4.68 Å². The fourth-order valence-electron chi connectivity index (χ4n) is 3.00. The molecule has 0 saturated heterocycles. The highest BCUT2D eigenvalue weighted by Crippen LogP contribution is 2.42. The van der Waals surface area contributed by atoms with Crippen molar-refractivity contribution >= 4 is 0 Å². The van der Waals surface area contributed by atoms with E-state index in [1.54, 1.807) is 0 Å². The van der Waals surface area contributed by atoms with E-state index in [1.165, 1.54) is 25.7 Å². The van der Waals surface area contributed by atoms with Gasteiger partial charge >= 0.3 is 0 Å². The summed E-state index contributed by atoms with van der Waals surface area (Å²) in [5.41, 5.74) is 6.01. The molecule has 2 N–H and O–H groups in total. The van der Waals surface area contributed by atoms with Crippen molar-refractivity contribution in [3.8, 4) is 0 Å². The van der Waals surface area contributed by atoms with Crippen LogP contribution in [0.25, 0.3) is 0 Å². The molecule has 0 spiro atoms. The largest absolute Gasteiger partial charge is 0.329 e. The SMILES string of the molecule is CC(C)(C)C1CCC(c2nnnn2CCN)CC1. The van der Waals surface area contributed by atoms with Crippen molar-refractivity contribution in [2.45, 2.75) is 58.9 Å². The molecule has 1 saturated carbocycles. The fourth-order valence-corrected chi connectivity index (χ4v) is 3.00. The van der Waals surface area contributed by atoms with Gasteiger partial charge < -0.3 is 5.73 Å². The van der Waals surface area contributed by atoms with Crippen LogP contribution < -0.4 is 5.73 Å². The second-order valence-electron chi connectivity index (χ2n) is 6.46. The maximum Gasteiger partial charge on any atom is 0.154 e. The lowest BCUT2D eigenvalue weighted by atomic mass is 9.70. The van der Waals surface area contributed by atoms with Crippen molar-refractivity contribution in [1.82, 2.24) is 20.2 Å². The molecule has 1 fully saturated rings. The number of tetrazole rings is 1. The standard InChI is InChI=1S/C13H25N5/c1-13(2,3)11-6-4-10(5-7-11)12-15-16-17-18(12)9-8-14/h10-11H,4-9,14H2,1-3H3. The van der Waals surface area contributed by atoms with Crippen LogP contribution in [-0.4, -0.2) is 26.8 Å². The van der Waals surface area contributed by atoms with Gasteiger partial charge in [0.25, 0.3) is 0 Å². The third-order valence-corrected chi connectivity index (χ3v) is 4.22. The zero-order chi connectivity index (χ0) is 13.2. The van der Waals surface area contributed by atoms with E-state index in [0.717, 1.165) is 18.3 Å². The summed E-state index contributed by atoms with van der Waals surface area (Å²) in [6.07, 6.45) is 4.97. The highest BCUT2D eigenvalue weighted by Gasteiger charge is 2.32. The molecule has 2 rings (SSSR count). The summed E-state index contributed by atoms with van der Waals surface area (Å²) < 4.78 is 1.88. The quantitative estimate of drug-likeness (QED) is 0.891. The van der Waals surface area contributed by atoms with Crippen LogP contribution >= 0.6 is 0 Å². The molecular weight excluding hydrogens is 226 g/mol. The first-order valence-corrected chi connectivity index (χ1v) is 6.98. The van der Waals surface area contributed by atoms with Gasteiger partial charge in [-0.3, -0.25) is 0 Å². The summed E-state index contributed by atoms with van der Waals surface area (Å²) in [5, 5.41) is 12.0. The Kier molecular flexibility index (Phi) is 4.00. The van der Waals surface area contributed by atoms with Crippen LogP contribution in [0.1, 0.15) is 58.2 Å². The minimum Gasteiger partial charge on any atom is -0.329 e. The smallest absolute Gasteiger partial charge is 0.154 e. The van der Waals surface area contributed by atoms with Crippen molar-refractivity contribution in [3.05, 3.63) is 5.82 Å². The Balaban J connectivity index is 1.99. The van der Waals surface area contributed by atoms with Gasteiger partial charge in [0.1, 0.15) is 0 Å². The van der Waals surface area contributed by atoms with Crippen LogP contribution in [0.15, 0.2) is 0 Å². The zero-order valence-corrected chi connectivity index (χ0v) is 11.8. The fraction of sp³-hybridized carbons (Fsp3) is 0.923. The minimum atomic E-state index is 0.425. The minimum absolute atomic E-state index is 0.425. The molecule has 0 unspecified atom stereocenters. The second-order valence-corrected chi connectivity index (χ2v) is 6.46. The normalized spacial score (nSPS) is 25.3. The predicted molar refractivity (Wildman–Crippen MR) is 71.0 cm³/mol. The van der Waals surface area contributed by atoms with E-state index in [-0.39, 0.29) is 0 Å². The average molecular weight is 251 g/mol. The first-order chi connectivity index (χ1) is 8.52. The van der Waals surface area contributed by atoms with Crippen LogP contribution in [0.5, 0.6) is 0 Å². The topological polar surface area (TPSA) is 69.6 Å². The van der Waals surface area contributed by atoms with Crippen molar-refractivity contribution < 1.29 is 0 Å². The Hall–Kier alpha value is -0.970. The van der Waals surface area contributed by atoms with Crippen molar-refractivity contribution in [2.24, 2.45) is 17.1 Å². The van der Waals surface area contributed by atoms with Crippen molar-refractivity contribution in [2.75, 3.05) is 6.54 Å². The molecule has 1 aromatic heterocycles. The maximum atomic E-state index is 5.58. The van der Waals surface area contributed by atoms with Gasteiger partial charge in [0.05, 0.1) is 6.54 Å². The molecule has 1 heterocycles. The Morgan fingerprint density at radius 3 is 2.44 bits per heavy atom. The highest BCUT2D eigenvalue weighted by molar-refractivity contribution is 4.97. The Labute approximate surface area is 109 Å². The molecule has 5 heteroatoms. The first kappa shape index (κ1) is 13.5. The second kappa shape index (κ2) is 5.34. The summed E-state index contributed by atoms with van der Waals surface area (Å²) in [5.74, 6) is 2.38. The van der Waals surface area contributed by atoms with Gasteiger partial charge in [-0.25, -0.2) is 4.68 Å². The summed E-state index contributed by atoms with van der Waals surface area (Å²) in [6, 6.07) is 0. The molecule has 0 aromatic carbocycles. The van der Waals surface area contributed by atoms with E-state index in [2.05, 4.69) is 36.3 Å². The van der Waals surface area contributed by atoms with Gasteiger partial charge in [-0.1, -0.05) is 20.8 Å². The average Bonchev–Trinajstić information content (AvgIpc) is 2.77. The Bertz CT molecular complexity index is 371. The Morgan fingerprint density at radius 1 is 1.22 bits per heavy atom. The molecule has 0 aliphatic heterocycles. The van der Waals surface area contributed by atoms with Crippen LogP contribution in [0.4, 0.5) is 0 Å². The van der Waals surface area contributed by atoms with Crippen LogP contribution in [0.2, 0.25) is 0 Å². The molecule has 0 amide bonds. The first-order valence-electron chi connectivity index (χ1n) is 6.98. The van der Waals surface area contributed by atoms with Gasteiger partial charge in [0.15, 0.2) is 5.82 Å². The molecule has 1 aliphatic rings. The van der Waals surface area contributed by atoms with Gasteiger partial charge in [0, 0.05) is 12.5 Å². The van der Waals surface area contributed by atoms with E-state index in [0.29, 0.717) is 17.9 Å². The molecule has 0 radical (unpaired) electrons. The van der Waals surface area contributed by atoms with Crippen molar-refractivity contribution in [3.63, 3.8) is 0 Å². The molecular formula is C13H25N5. The van der Waals surface area contributed by atoms with Crippen LogP contribution in [0.3, 0.4) is 0 Å². The number of nitrogens with two attached hydrogens (primary N) is 1.